The van der Waals surface area contributed by atoms with Crippen LogP contribution in [0.15, 0.2) is 17.0 Å². The van der Waals surface area contributed by atoms with Crippen LogP contribution >= 0.6 is 11.6 Å². The predicted octanol–water partition coefficient (Wildman–Crippen LogP) is 1.89. The van der Waals surface area contributed by atoms with E-state index in [2.05, 4.69) is 0 Å². The van der Waals surface area contributed by atoms with Crippen molar-refractivity contribution in [2.24, 2.45) is 0 Å². The molecule has 1 saturated heterocycles. The second kappa shape index (κ2) is 5.65. The first-order valence-electron chi connectivity index (χ1n) is 5.72. The van der Waals surface area contributed by atoms with Crippen LogP contribution < -0.4 is 0 Å². The summed E-state index contributed by atoms with van der Waals surface area (Å²) in [6.07, 6.45) is 1.36. The minimum Gasteiger partial charge on any atom is -0.478 e. The quantitative estimate of drug-likeness (QED) is 0.918. The van der Waals surface area contributed by atoms with Gasteiger partial charge in [-0.25, -0.2) is 17.6 Å². The van der Waals surface area contributed by atoms with Crippen LogP contribution in [-0.4, -0.2) is 37.1 Å². The minimum absolute atomic E-state index is 0.153. The second-order valence-electron chi connectivity index (χ2n) is 4.14. The van der Waals surface area contributed by atoms with Crippen molar-refractivity contribution >= 4 is 27.6 Å². The first-order chi connectivity index (χ1) is 9.34. The van der Waals surface area contributed by atoms with Gasteiger partial charge >= 0.3 is 5.97 Å². The number of halogens is 2. The van der Waals surface area contributed by atoms with Crippen molar-refractivity contribution in [1.29, 1.82) is 0 Å². The molecule has 1 heterocycles. The molecule has 0 bridgehead atoms. The van der Waals surface area contributed by atoms with Crippen molar-refractivity contribution in [1.82, 2.24) is 4.47 Å². The number of nitrogens with zero attached hydrogens (tertiary/aromatic N) is 1. The molecule has 0 amide bonds. The lowest BCUT2D eigenvalue weighted by Crippen LogP contribution is -2.35. The van der Waals surface area contributed by atoms with Crippen LogP contribution in [0.2, 0.25) is 5.02 Å². The third kappa shape index (κ3) is 2.78. The van der Waals surface area contributed by atoms with Crippen molar-refractivity contribution in [3.63, 3.8) is 0 Å². The molecule has 0 aliphatic carbocycles. The highest BCUT2D eigenvalue weighted by Crippen LogP contribution is 2.27. The lowest BCUT2D eigenvalue weighted by Gasteiger charge is -2.25. The molecule has 110 valence electrons. The number of aromatic carboxylic acids is 1. The van der Waals surface area contributed by atoms with Crippen LogP contribution in [0, 0.1) is 5.82 Å². The van der Waals surface area contributed by atoms with E-state index in [0.717, 1.165) is 23.0 Å². The summed E-state index contributed by atoms with van der Waals surface area (Å²) in [6.45, 7) is 0.402. The molecule has 1 N–H and O–H groups in total. The fourth-order valence-corrected chi connectivity index (χ4v) is 3.39. The smallest absolute Gasteiger partial charge is 0.338 e. The summed E-state index contributed by atoms with van der Waals surface area (Å²) >= 11 is 5.55. The molecule has 1 aliphatic heterocycles. The largest absolute Gasteiger partial charge is 0.478 e. The third-order valence-electron chi connectivity index (χ3n) is 2.77. The topological polar surface area (TPSA) is 83.9 Å². The minimum atomic E-state index is -4.06. The molecule has 2 rings (SSSR count). The molecule has 0 spiro atoms. The highest BCUT2D eigenvalue weighted by molar-refractivity contribution is 7.89. The fourth-order valence-electron chi connectivity index (χ4n) is 1.75. The molecule has 0 radical (unpaired) electrons. The molecule has 1 aliphatic rings. The van der Waals surface area contributed by atoms with Gasteiger partial charge in [0, 0.05) is 6.54 Å². The summed E-state index contributed by atoms with van der Waals surface area (Å²) in [4.78, 5) is 15.5. The standard InChI is InChI=1S/C11H11ClFNO5S/c12-9-6-7(5-8(10(9)13)11(15)16)20(17,18)14-3-1-2-4-19-14/h5-6H,1-4H2,(H,15,16). The van der Waals surface area contributed by atoms with E-state index in [1.54, 1.807) is 0 Å². The van der Waals surface area contributed by atoms with Gasteiger partial charge < -0.3 is 5.11 Å². The van der Waals surface area contributed by atoms with Crippen LogP contribution in [0.4, 0.5) is 4.39 Å². The van der Waals surface area contributed by atoms with Crippen molar-refractivity contribution in [3.05, 3.63) is 28.5 Å². The molecule has 20 heavy (non-hydrogen) atoms. The number of carboxylic acids is 1. The van der Waals surface area contributed by atoms with Crippen molar-refractivity contribution < 1.29 is 27.5 Å². The van der Waals surface area contributed by atoms with Crippen LogP contribution in [-0.2, 0) is 14.9 Å². The molecule has 1 fully saturated rings. The molecular formula is C11H11ClFNO5S. The molecule has 6 nitrogen and oxygen atoms in total. The number of hydroxylamine groups is 1. The number of hydrogen-bond acceptors (Lipinski definition) is 4. The van der Waals surface area contributed by atoms with Crippen molar-refractivity contribution in [2.45, 2.75) is 17.7 Å². The van der Waals surface area contributed by atoms with Crippen LogP contribution in [0.25, 0.3) is 0 Å². The van der Waals surface area contributed by atoms with E-state index in [1.807, 2.05) is 0 Å². The summed E-state index contributed by atoms with van der Waals surface area (Å²) in [5.74, 6) is -2.77. The van der Waals surface area contributed by atoms with E-state index in [0.29, 0.717) is 6.42 Å². The zero-order valence-electron chi connectivity index (χ0n) is 10.2. The Hall–Kier alpha value is -1.22. The average molecular weight is 324 g/mol. The van der Waals surface area contributed by atoms with Crippen LogP contribution in [0.5, 0.6) is 0 Å². The van der Waals surface area contributed by atoms with Crippen LogP contribution in [0.1, 0.15) is 23.2 Å². The first-order valence-corrected chi connectivity index (χ1v) is 7.54. The summed E-state index contributed by atoms with van der Waals surface area (Å²) < 4.78 is 38.8. The van der Waals surface area contributed by atoms with E-state index in [-0.39, 0.29) is 13.2 Å². The molecule has 0 atom stereocenters. The normalized spacial score (nSPS) is 17.1. The highest BCUT2D eigenvalue weighted by atomic mass is 35.5. The van der Waals surface area contributed by atoms with Crippen molar-refractivity contribution in [2.75, 3.05) is 13.2 Å². The average Bonchev–Trinajstić information content (AvgIpc) is 2.42. The van der Waals surface area contributed by atoms with E-state index in [4.69, 9.17) is 21.5 Å². The maximum absolute atomic E-state index is 13.5. The van der Waals surface area contributed by atoms with E-state index < -0.39 is 37.3 Å². The molecule has 9 heteroatoms. The molecule has 0 unspecified atom stereocenters. The maximum Gasteiger partial charge on any atom is 0.338 e. The number of benzene rings is 1. The Balaban J connectivity index is 2.49. The third-order valence-corrected chi connectivity index (χ3v) is 4.70. The number of carbonyl (C=O) groups is 1. The van der Waals surface area contributed by atoms with Gasteiger partial charge in [-0.15, -0.1) is 0 Å². The molecule has 0 aromatic heterocycles. The maximum atomic E-state index is 13.5. The molecule has 1 aromatic carbocycles. The Morgan fingerprint density at radius 3 is 2.65 bits per heavy atom. The Bertz CT molecular complexity index is 642. The van der Waals surface area contributed by atoms with Gasteiger partial charge in [-0.3, -0.25) is 4.84 Å². The summed E-state index contributed by atoms with van der Waals surface area (Å²) in [6, 6.07) is 1.60. The molecular weight excluding hydrogens is 313 g/mol. The zero-order chi connectivity index (χ0) is 14.9. The van der Waals surface area contributed by atoms with Gasteiger partial charge in [0.2, 0.25) is 0 Å². The SMILES string of the molecule is O=C(O)c1cc(S(=O)(=O)N2CCCCO2)cc(Cl)c1F. The summed E-state index contributed by atoms with van der Waals surface area (Å²) in [5, 5.41) is 8.28. The fraction of sp³-hybridized carbons (Fsp3) is 0.364. The summed E-state index contributed by atoms with van der Waals surface area (Å²) in [5.41, 5.74) is -0.798. The number of hydrogen-bond donors (Lipinski definition) is 1. The van der Waals surface area contributed by atoms with E-state index >= 15 is 0 Å². The lowest BCUT2D eigenvalue weighted by atomic mass is 10.2. The van der Waals surface area contributed by atoms with Crippen molar-refractivity contribution in [3.8, 4) is 0 Å². The van der Waals surface area contributed by atoms with Gasteiger partial charge in [0.1, 0.15) is 0 Å². The van der Waals surface area contributed by atoms with E-state index in [1.165, 1.54) is 0 Å². The van der Waals surface area contributed by atoms with Gasteiger partial charge in [0.05, 0.1) is 22.1 Å². The first kappa shape index (κ1) is 15.2. The lowest BCUT2D eigenvalue weighted by molar-refractivity contribution is -0.108. The van der Waals surface area contributed by atoms with Crippen LogP contribution in [0.3, 0.4) is 0 Å². The molecule has 0 saturated carbocycles. The predicted molar refractivity (Wildman–Crippen MR) is 67.4 cm³/mol. The Morgan fingerprint density at radius 1 is 1.40 bits per heavy atom. The number of carboxylic acid groups (broad SMARTS) is 1. The highest BCUT2D eigenvalue weighted by Gasteiger charge is 2.30. The number of rotatable bonds is 3. The van der Waals surface area contributed by atoms with Gasteiger partial charge in [0.25, 0.3) is 10.0 Å². The Labute approximate surface area is 119 Å². The summed E-state index contributed by atoms with van der Waals surface area (Å²) in [7, 11) is -4.06. The van der Waals surface area contributed by atoms with Gasteiger partial charge in [-0.05, 0) is 25.0 Å². The monoisotopic (exact) mass is 323 g/mol. The van der Waals surface area contributed by atoms with Gasteiger partial charge in [-0.1, -0.05) is 16.1 Å². The number of sulfonamides is 1. The second-order valence-corrected chi connectivity index (χ2v) is 6.38. The molecule has 1 aromatic rings. The van der Waals surface area contributed by atoms with E-state index in [9.17, 15) is 17.6 Å². The van der Waals surface area contributed by atoms with Gasteiger partial charge in [-0.2, -0.15) is 0 Å². The Kier molecular flexibility index (Phi) is 4.28. The zero-order valence-corrected chi connectivity index (χ0v) is 11.7. The Morgan fingerprint density at radius 2 is 2.10 bits per heavy atom. The van der Waals surface area contributed by atoms with Gasteiger partial charge in [0.15, 0.2) is 5.82 Å².